The fourth-order valence-corrected chi connectivity index (χ4v) is 4.11. The van der Waals surface area contributed by atoms with Crippen molar-refractivity contribution in [2.75, 3.05) is 40.9 Å². The van der Waals surface area contributed by atoms with Gasteiger partial charge in [0.25, 0.3) is 7.82 Å². The van der Waals surface area contributed by atoms with E-state index >= 15 is 0 Å². The van der Waals surface area contributed by atoms with E-state index in [4.69, 9.17) is 9.05 Å². The molecule has 0 rings (SSSR count). The normalized spacial score (nSPS) is 15.7. The summed E-state index contributed by atoms with van der Waals surface area (Å²) in [7, 11) is 1.29. The van der Waals surface area contributed by atoms with Crippen LogP contribution < -0.4 is 10.2 Å². The highest BCUT2D eigenvalue weighted by molar-refractivity contribution is 7.45. The largest absolute Gasteiger partial charge is 0.756 e. The molecule has 0 bridgehead atoms. The van der Waals surface area contributed by atoms with Gasteiger partial charge in [-0.05, 0) is 12.8 Å². The Morgan fingerprint density at radius 3 is 2.06 bits per heavy atom. The van der Waals surface area contributed by atoms with Crippen molar-refractivity contribution < 1.29 is 32.9 Å². The summed E-state index contributed by atoms with van der Waals surface area (Å²) in [4.78, 5) is 24.6. The van der Waals surface area contributed by atoms with Crippen LogP contribution >= 0.6 is 7.82 Å². The molecule has 3 unspecified atom stereocenters. The molecule has 0 aromatic heterocycles. The van der Waals surface area contributed by atoms with Gasteiger partial charge in [-0.25, -0.2) is 0 Å². The summed E-state index contributed by atoms with van der Waals surface area (Å²) < 4.78 is 22.7. The second kappa shape index (κ2) is 18.8. The zero-order chi connectivity index (χ0) is 25.2. The number of unbranched alkanes of at least 4 members (excludes halogenated alkanes) is 9. The van der Waals surface area contributed by atoms with Gasteiger partial charge in [-0.3, -0.25) is 9.36 Å². The molecular formula is C24H51N2O6P. The van der Waals surface area contributed by atoms with Crippen molar-refractivity contribution in [3.63, 3.8) is 0 Å². The molecule has 2 N–H and O–H groups in total. The monoisotopic (exact) mass is 494 g/mol. The number of hydrogen-bond acceptors (Lipinski definition) is 6. The van der Waals surface area contributed by atoms with Gasteiger partial charge in [-0.1, -0.05) is 78.1 Å². The van der Waals surface area contributed by atoms with Gasteiger partial charge in [-0.2, -0.15) is 0 Å². The zero-order valence-corrected chi connectivity index (χ0v) is 22.7. The third kappa shape index (κ3) is 20.6. The first kappa shape index (κ1) is 32.5. The Hall–Kier alpha value is -0.500. The van der Waals surface area contributed by atoms with Crippen LogP contribution in [0.15, 0.2) is 0 Å². The lowest BCUT2D eigenvalue weighted by Gasteiger charge is -2.30. The maximum atomic E-state index is 12.4. The third-order valence-corrected chi connectivity index (χ3v) is 6.56. The molecule has 0 fully saturated rings. The molecule has 0 aliphatic carbocycles. The standard InChI is InChI=1S/C24H51N2O6P/c1-6-8-10-12-14-16-18-24(28)25-22(23(27)17-15-13-11-9-7-2)21-32-33(29,30)31-20-19-26(3,4)5/h22-23,27H,6-21H2,1-5H3,(H-,25,28,29,30). The smallest absolute Gasteiger partial charge is 0.268 e. The molecule has 33 heavy (non-hydrogen) atoms. The Labute approximate surface area is 202 Å². The molecule has 0 heterocycles. The number of aliphatic hydroxyl groups excluding tert-OH is 1. The Morgan fingerprint density at radius 1 is 0.939 bits per heavy atom. The number of aliphatic hydroxyl groups is 1. The van der Waals surface area contributed by atoms with E-state index in [-0.39, 0.29) is 19.1 Å². The topological polar surface area (TPSA) is 108 Å². The van der Waals surface area contributed by atoms with Crippen molar-refractivity contribution in [2.45, 2.75) is 109 Å². The number of nitrogens with one attached hydrogen (secondary N) is 1. The number of likely N-dealkylation sites (N-methyl/N-ethyl adjacent to an activating group) is 1. The van der Waals surface area contributed by atoms with Gasteiger partial charge in [0.15, 0.2) is 0 Å². The summed E-state index contributed by atoms with van der Waals surface area (Å²) in [6.45, 7) is 4.50. The molecule has 1 amide bonds. The van der Waals surface area contributed by atoms with Crippen LogP contribution in [0.2, 0.25) is 0 Å². The first-order valence-electron chi connectivity index (χ1n) is 12.9. The molecular weight excluding hydrogens is 443 g/mol. The summed E-state index contributed by atoms with van der Waals surface area (Å²) in [5, 5.41) is 13.4. The molecule has 9 heteroatoms. The van der Waals surface area contributed by atoms with E-state index in [0.29, 0.717) is 23.9 Å². The number of phosphoric acid groups is 1. The van der Waals surface area contributed by atoms with Crippen molar-refractivity contribution in [1.82, 2.24) is 5.32 Å². The van der Waals surface area contributed by atoms with E-state index in [2.05, 4.69) is 19.2 Å². The SMILES string of the molecule is CCCCCCCCC(=O)NC(COP(=O)([O-])OCC[N+](C)(C)C)C(O)CCCCCCC. The van der Waals surface area contributed by atoms with Crippen LogP contribution in [0.4, 0.5) is 0 Å². The molecule has 198 valence electrons. The van der Waals surface area contributed by atoms with Gasteiger partial charge in [0, 0.05) is 6.42 Å². The molecule has 8 nitrogen and oxygen atoms in total. The van der Waals surface area contributed by atoms with Crippen molar-refractivity contribution >= 4 is 13.7 Å². The molecule has 0 saturated heterocycles. The predicted octanol–water partition coefficient (Wildman–Crippen LogP) is 4.15. The number of amides is 1. The molecule has 0 saturated carbocycles. The number of phosphoric ester groups is 1. The highest BCUT2D eigenvalue weighted by Gasteiger charge is 2.24. The summed E-state index contributed by atoms with van der Waals surface area (Å²) >= 11 is 0. The predicted molar refractivity (Wildman–Crippen MR) is 132 cm³/mol. The van der Waals surface area contributed by atoms with Crippen LogP contribution in [0.5, 0.6) is 0 Å². The molecule has 0 aromatic rings. The minimum Gasteiger partial charge on any atom is -0.756 e. The second-order valence-electron chi connectivity index (χ2n) is 10.1. The van der Waals surface area contributed by atoms with Gasteiger partial charge >= 0.3 is 0 Å². The Balaban J connectivity index is 4.66. The molecule has 0 spiro atoms. The van der Waals surface area contributed by atoms with E-state index in [9.17, 15) is 19.4 Å². The van der Waals surface area contributed by atoms with Gasteiger partial charge in [0.1, 0.15) is 13.2 Å². The number of carbonyl (C=O) groups excluding carboxylic acids is 1. The van der Waals surface area contributed by atoms with E-state index in [1.165, 1.54) is 19.3 Å². The first-order chi connectivity index (χ1) is 15.5. The van der Waals surface area contributed by atoms with Gasteiger partial charge < -0.3 is 28.8 Å². The quantitative estimate of drug-likeness (QED) is 0.133. The summed E-state index contributed by atoms with van der Waals surface area (Å²) in [6.07, 6.45) is 11.6. The van der Waals surface area contributed by atoms with Crippen LogP contribution in [0.1, 0.15) is 97.3 Å². The Kier molecular flexibility index (Phi) is 18.5. The highest BCUT2D eigenvalue weighted by atomic mass is 31.2. The molecule has 0 aromatic carbocycles. The molecule has 0 radical (unpaired) electrons. The van der Waals surface area contributed by atoms with E-state index < -0.39 is 20.0 Å². The fraction of sp³-hybridized carbons (Fsp3) is 0.958. The van der Waals surface area contributed by atoms with Gasteiger partial charge in [0.2, 0.25) is 5.91 Å². The van der Waals surface area contributed by atoms with Crippen molar-refractivity contribution in [1.29, 1.82) is 0 Å². The fourth-order valence-electron chi connectivity index (χ4n) is 3.39. The van der Waals surface area contributed by atoms with E-state index in [0.717, 1.165) is 51.4 Å². The van der Waals surface area contributed by atoms with Crippen LogP contribution in [0.25, 0.3) is 0 Å². The van der Waals surface area contributed by atoms with Crippen LogP contribution in [0, 0.1) is 0 Å². The number of rotatable bonds is 22. The Morgan fingerprint density at radius 2 is 1.48 bits per heavy atom. The minimum absolute atomic E-state index is 0.0132. The summed E-state index contributed by atoms with van der Waals surface area (Å²) in [5.74, 6) is -0.184. The molecule has 0 aliphatic rings. The third-order valence-electron chi connectivity index (χ3n) is 5.60. The zero-order valence-electron chi connectivity index (χ0n) is 21.9. The van der Waals surface area contributed by atoms with Crippen LogP contribution in [-0.2, 0) is 18.4 Å². The lowest BCUT2D eigenvalue weighted by atomic mass is 10.0. The molecule has 3 atom stereocenters. The minimum atomic E-state index is -4.52. The Bertz CT molecular complexity index is 542. The highest BCUT2D eigenvalue weighted by Crippen LogP contribution is 2.38. The number of hydrogen-bond donors (Lipinski definition) is 2. The summed E-state index contributed by atoms with van der Waals surface area (Å²) in [5.41, 5.74) is 0. The van der Waals surface area contributed by atoms with Crippen molar-refractivity contribution in [2.24, 2.45) is 0 Å². The van der Waals surface area contributed by atoms with Gasteiger partial charge in [0.05, 0.1) is 39.9 Å². The van der Waals surface area contributed by atoms with Crippen molar-refractivity contribution in [3.05, 3.63) is 0 Å². The summed E-state index contributed by atoms with van der Waals surface area (Å²) in [6, 6.07) is -0.784. The first-order valence-corrected chi connectivity index (χ1v) is 14.3. The van der Waals surface area contributed by atoms with Crippen LogP contribution in [0.3, 0.4) is 0 Å². The average Bonchev–Trinajstić information content (AvgIpc) is 2.72. The van der Waals surface area contributed by atoms with E-state index in [1.54, 1.807) is 0 Å². The second-order valence-corrected chi connectivity index (χ2v) is 11.5. The average molecular weight is 495 g/mol. The lowest BCUT2D eigenvalue weighted by molar-refractivity contribution is -0.870. The lowest BCUT2D eigenvalue weighted by Crippen LogP contribution is -2.46. The number of nitrogens with zero attached hydrogens (tertiary/aromatic N) is 1. The van der Waals surface area contributed by atoms with E-state index in [1.807, 2.05) is 21.1 Å². The number of carbonyl (C=O) groups is 1. The maximum Gasteiger partial charge on any atom is 0.268 e. The van der Waals surface area contributed by atoms with Gasteiger partial charge in [-0.15, -0.1) is 0 Å². The number of quaternary nitrogens is 1. The van der Waals surface area contributed by atoms with Crippen LogP contribution in [-0.4, -0.2) is 68.5 Å². The molecule has 0 aliphatic heterocycles. The maximum absolute atomic E-state index is 12.4. The van der Waals surface area contributed by atoms with Crippen molar-refractivity contribution in [3.8, 4) is 0 Å².